The molecule has 1 saturated carbocycles. The minimum Gasteiger partial charge on any atom is -0.368 e. The average molecular weight is 480 g/mol. The quantitative estimate of drug-likeness (QED) is 0.533. The van der Waals surface area contributed by atoms with Gasteiger partial charge in [-0.2, -0.15) is 0 Å². The summed E-state index contributed by atoms with van der Waals surface area (Å²) in [4.78, 5) is 53.8. The molecule has 11 heteroatoms. The molecule has 11 nitrogen and oxygen atoms in total. The highest BCUT2D eigenvalue weighted by atomic mass is 16.2. The Morgan fingerprint density at radius 2 is 2.03 bits per heavy atom. The normalized spacial score (nSPS) is 22.1. The third kappa shape index (κ3) is 4.04. The Balaban J connectivity index is 1.35. The van der Waals surface area contributed by atoms with Crippen molar-refractivity contribution in [3.05, 3.63) is 47.3 Å². The van der Waals surface area contributed by atoms with Crippen LogP contribution in [0.3, 0.4) is 0 Å². The van der Waals surface area contributed by atoms with Crippen LogP contribution >= 0.6 is 0 Å². The third-order valence-electron chi connectivity index (χ3n) is 7.60. The van der Waals surface area contributed by atoms with Crippen LogP contribution in [-0.4, -0.2) is 61.1 Å². The third-order valence-corrected chi connectivity index (χ3v) is 7.60. The maximum absolute atomic E-state index is 13.5. The lowest BCUT2D eigenvalue weighted by Crippen LogP contribution is -2.49. The van der Waals surface area contributed by atoms with Crippen LogP contribution < -0.4 is 11.1 Å². The van der Waals surface area contributed by atoms with E-state index < -0.39 is 17.5 Å². The molecule has 1 saturated heterocycles. The van der Waals surface area contributed by atoms with Crippen molar-refractivity contribution in [1.82, 2.24) is 30.1 Å². The van der Waals surface area contributed by atoms with Crippen LogP contribution in [0.2, 0.25) is 0 Å². The average Bonchev–Trinajstić information content (AvgIpc) is 3.44. The molecule has 35 heavy (non-hydrogen) atoms. The number of benzene rings is 1. The zero-order chi connectivity index (χ0) is 24.7. The number of amides is 5. The second-order valence-corrected chi connectivity index (χ2v) is 9.71. The Hall–Kier alpha value is -3.76. The van der Waals surface area contributed by atoms with Crippen molar-refractivity contribution in [2.75, 3.05) is 6.54 Å². The molecular formula is C24H29N7O4. The molecular weight excluding hydrogens is 450 g/mol. The van der Waals surface area contributed by atoms with E-state index in [1.807, 2.05) is 31.2 Å². The summed E-state index contributed by atoms with van der Waals surface area (Å²) in [6.07, 6.45) is 5.89. The van der Waals surface area contributed by atoms with Gasteiger partial charge in [-0.15, -0.1) is 5.10 Å². The fraction of sp³-hybridized carbons (Fsp3) is 0.500. The number of nitrogens with zero attached hydrogens (tertiary/aromatic N) is 5. The van der Waals surface area contributed by atoms with Crippen molar-refractivity contribution in [2.24, 2.45) is 11.7 Å². The van der Waals surface area contributed by atoms with Gasteiger partial charge in [0.2, 0.25) is 11.8 Å². The van der Waals surface area contributed by atoms with Crippen molar-refractivity contribution < 1.29 is 19.2 Å². The first-order valence-electron chi connectivity index (χ1n) is 12.0. The van der Waals surface area contributed by atoms with Gasteiger partial charge in [0.15, 0.2) is 0 Å². The lowest BCUT2D eigenvalue weighted by atomic mass is 9.79. The predicted molar refractivity (Wildman–Crippen MR) is 123 cm³/mol. The second-order valence-electron chi connectivity index (χ2n) is 9.71. The summed E-state index contributed by atoms with van der Waals surface area (Å²) in [5, 5.41) is 10.8. The minimum atomic E-state index is -1.10. The van der Waals surface area contributed by atoms with Crippen LogP contribution in [0.25, 0.3) is 0 Å². The summed E-state index contributed by atoms with van der Waals surface area (Å²) in [6.45, 7) is 1.69. The molecule has 5 amide bonds. The van der Waals surface area contributed by atoms with Crippen molar-refractivity contribution in [3.8, 4) is 0 Å². The number of rotatable bonds is 8. The van der Waals surface area contributed by atoms with Gasteiger partial charge in [-0.3, -0.25) is 19.3 Å². The number of aryl methyl sites for hydroxylation is 1. The molecule has 2 aliphatic carbocycles. The Bertz CT molecular complexity index is 1190. The molecule has 0 radical (unpaired) electrons. The van der Waals surface area contributed by atoms with Gasteiger partial charge in [0.1, 0.15) is 24.3 Å². The van der Waals surface area contributed by atoms with Gasteiger partial charge < -0.3 is 16.0 Å². The number of nitrogens with one attached hydrogen (secondary N) is 1. The molecule has 5 rings (SSSR count). The highest BCUT2D eigenvalue weighted by Gasteiger charge is 2.55. The molecule has 1 aliphatic heterocycles. The summed E-state index contributed by atoms with van der Waals surface area (Å²) < 4.78 is 1.33. The number of urea groups is 1. The minimum absolute atomic E-state index is 0.0977. The van der Waals surface area contributed by atoms with Gasteiger partial charge >= 0.3 is 6.03 Å². The molecule has 1 spiro atoms. The topological polar surface area (TPSA) is 144 Å². The zero-order valence-electron chi connectivity index (χ0n) is 19.6. The van der Waals surface area contributed by atoms with Crippen molar-refractivity contribution >= 4 is 23.8 Å². The molecule has 2 atom stereocenters. The number of carbonyl (C=O) groups is 4. The van der Waals surface area contributed by atoms with E-state index in [1.54, 1.807) is 11.1 Å². The smallest absolute Gasteiger partial charge is 0.325 e. The van der Waals surface area contributed by atoms with E-state index in [-0.39, 0.29) is 37.5 Å². The number of carbonyl (C=O) groups excluding carboxylic acids is 4. The molecule has 3 N–H and O–H groups in total. The molecule has 3 aliphatic rings. The molecule has 1 aromatic heterocycles. The van der Waals surface area contributed by atoms with E-state index in [9.17, 15) is 19.2 Å². The van der Waals surface area contributed by atoms with E-state index in [1.165, 1.54) is 4.68 Å². The summed E-state index contributed by atoms with van der Waals surface area (Å²) in [5.74, 6) is -0.918. The lowest BCUT2D eigenvalue weighted by molar-refractivity contribution is -0.142. The first-order valence-corrected chi connectivity index (χ1v) is 12.0. The molecule has 2 heterocycles. The SMILES string of the molecule is C[C@@H](C1CCC1)N(Cc1cn(CC(N)=O)nn1)C(=O)CN1C(=O)NC2(CCc3ccccc32)C1=O. The number of hydrogen-bond acceptors (Lipinski definition) is 6. The van der Waals surface area contributed by atoms with E-state index >= 15 is 0 Å². The van der Waals surface area contributed by atoms with E-state index in [4.69, 9.17) is 5.73 Å². The highest BCUT2D eigenvalue weighted by molar-refractivity contribution is 6.09. The van der Waals surface area contributed by atoms with Gasteiger partial charge in [0.25, 0.3) is 5.91 Å². The second kappa shape index (κ2) is 8.79. The van der Waals surface area contributed by atoms with Crippen molar-refractivity contribution in [1.29, 1.82) is 0 Å². The maximum Gasteiger partial charge on any atom is 0.325 e. The van der Waals surface area contributed by atoms with Gasteiger partial charge in [-0.05, 0) is 49.7 Å². The van der Waals surface area contributed by atoms with Crippen LogP contribution in [0.1, 0.15) is 49.4 Å². The molecule has 1 aromatic carbocycles. The van der Waals surface area contributed by atoms with Crippen LogP contribution in [0.4, 0.5) is 4.79 Å². The van der Waals surface area contributed by atoms with Gasteiger partial charge in [-0.25, -0.2) is 9.48 Å². The maximum atomic E-state index is 13.5. The molecule has 1 unspecified atom stereocenters. The Kier molecular flexibility index (Phi) is 5.78. The van der Waals surface area contributed by atoms with Crippen molar-refractivity contribution in [3.63, 3.8) is 0 Å². The summed E-state index contributed by atoms with van der Waals surface area (Å²) in [7, 11) is 0. The molecule has 0 bridgehead atoms. The van der Waals surface area contributed by atoms with Crippen LogP contribution in [0.5, 0.6) is 0 Å². The highest BCUT2D eigenvalue weighted by Crippen LogP contribution is 2.41. The van der Waals surface area contributed by atoms with E-state index in [0.29, 0.717) is 24.5 Å². The summed E-state index contributed by atoms with van der Waals surface area (Å²) in [5.41, 5.74) is 6.47. The fourth-order valence-electron chi connectivity index (χ4n) is 5.42. The standard InChI is InChI=1S/C24H29N7O4/c1-15(16-6-4-7-16)30(12-18-11-29(28-27-18)13-20(25)32)21(33)14-31-22(34)24(26-23(31)35)10-9-17-5-2-3-8-19(17)24/h2-3,5,8,11,15-16H,4,6-7,9-10,12-14H2,1H3,(H2,25,32)(H,26,35)/t15-,24?/m0/s1. The van der Waals surface area contributed by atoms with Gasteiger partial charge in [0.05, 0.1) is 12.7 Å². The zero-order valence-corrected chi connectivity index (χ0v) is 19.6. The predicted octanol–water partition coefficient (Wildman–Crippen LogP) is 0.674. The molecule has 2 fully saturated rings. The first-order chi connectivity index (χ1) is 16.8. The van der Waals surface area contributed by atoms with Gasteiger partial charge in [-0.1, -0.05) is 35.9 Å². The van der Waals surface area contributed by atoms with Crippen molar-refractivity contribution in [2.45, 2.75) is 63.7 Å². The Labute approximate surface area is 202 Å². The van der Waals surface area contributed by atoms with Crippen LogP contribution in [0, 0.1) is 5.92 Å². The molecule has 184 valence electrons. The van der Waals surface area contributed by atoms with Crippen LogP contribution in [0.15, 0.2) is 30.5 Å². The lowest BCUT2D eigenvalue weighted by Gasteiger charge is -2.39. The Morgan fingerprint density at radius 1 is 1.26 bits per heavy atom. The summed E-state index contributed by atoms with van der Waals surface area (Å²) in [6, 6.07) is 6.95. The number of primary amides is 1. The number of fused-ring (bicyclic) bond motifs is 2. The van der Waals surface area contributed by atoms with Gasteiger partial charge in [0, 0.05) is 6.04 Å². The number of imide groups is 1. The summed E-state index contributed by atoms with van der Waals surface area (Å²) >= 11 is 0. The van der Waals surface area contributed by atoms with E-state index in [2.05, 4.69) is 15.6 Å². The molecule has 2 aromatic rings. The fourth-order valence-corrected chi connectivity index (χ4v) is 5.42. The number of aromatic nitrogens is 3. The van der Waals surface area contributed by atoms with Crippen LogP contribution in [-0.2, 0) is 39.4 Å². The Morgan fingerprint density at radius 3 is 2.74 bits per heavy atom. The number of nitrogens with two attached hydrogens (primary N) is 1. The number of hydrogen-bond donors (Lipinski definition) is 2. The van der Waals surface area contributed by atoms with E-state index in [0.717, 1.165) is 35.3 Å². The first kappa shape index (κ1) is 23.0. The monoisotopic (exact) mass is 479 g/mol. The largest absolute Gasteiger partial charge is 0.368 e.